The zero-order valence-electron chi connectivity index (χ0n) is 23.1. The number of carbonyl (C=O) groups is 1. The topological polar surface area (TPSA) is 79.8 Å². The number of para-hydroxylation sites is 1. The Hall–Kier alpha value is -2.57. The molecule has 4 rings (SSSR count). The number of ether oxygens (including phenoxy) is 2. The Morgan fingerprint density at radius 3 is 2.41 bits per heavy atom. The summed E-state index contributed by atoms with van der Waals surface area (Å²) >= 11 is 0. The van der Waals surface area contributed by atoms with Gasteiger partial charge in [0.15, 0.2) is 0 Å². The minimum Gasteiger partial charge on any atom is -0.497 e. The van der Waals surface area contributed by atoms with E-state index in [-0.39, 0.29) is 22.8 Å². The fourth-order valence-corrected chi connectivity index (χ4v) is 6.97. The normalized spacial score (nSPS) is 28.4. The van der Waals surface area contributed by atoms with Gasteiger partial charge in [-0.1, -0.05) is 44.2 Å². The number of fused-ring (bicyclic) bond motifs is 1. The molecule has 2 saturated carbocycles. The molecule has 2 fully saturated rings. The van der Waals surface area contributed by atoms with E-state index < -0.39 is 5.60 Å². The molecule has 202 valence electrons. The summed E-state index contributed by atoms with van der Waals surface area (Å²) in [5.41, 5.74) is 1.58. The predicted octanol–water partition coefficient (Wildman–Crippen LogP) is 5.23. The van der Waals surface area contributed by atoms with Crippen molar-refractivity contribution in [1.82, 2.24) is 10.6 Å². The Kier molecular flexibility index (Phi) is 8.20. The lowest BCUT2D eigenvalue weighted by atomic mass is 9.57. The summed E-state index contributed by atoms with van der Waals surface area (Å²) in [6.45, 7) is 7.88. The van der Waals surface area contributed by atoms with E-state index >= 15 is 0 Å². The van der Waals surface area contributed by atoms with Crippen molar-refractivity contribution in [2.24, 2.45) is 16.7 Å². The van der Waals surface area contributed by atoms with Crippen LogP contribution >= 0.6 is 0 Å². The van der Waals surface area contributed by atoms with Crippen molar-refractivity contribution < 1.29 is 19.4 Å². The maximum atomic E-state index is 13.0. The molecular weight excluding hydrogens is 464 g/mol. The smallest absolute Gasteiger partial charge is 0.220 e. The minimum atomic E-state index is -0.653. The molecule has 0 aliphatic heterocycles. The number of hydrogen-bond donors (Lipinski definition) is 3. The van der Waals surface area contributed by atoms with Gasteiger partial charge in [0, 0.05) is 31.1 Å². The van der Waals surface area contributed by atoms with Crippen molar-refractivity contribution in [2.75, 3.05) is 14.2 Å². The van der Waals surface area contributed by atoms with Crippen LogP contribution < -0.4 is 20.1 Å². The second kappa shape index (κ2) is 11.0. The fourth-order valence-electron chi connectivity index (χ4n) is 6.97. The van der Waals surface area contributed by atoms with E-state index in [1.54, 1.807) is 14.2 Å². The predicted molar refractivity (Wildman–Crippen MR) is 146 cm³/mol. The summed E-state index contributed by atoms with van der Waals surface area (Å²) in [7, 11) is 3.36. The molecule has 0 spiro atoms. The van der Waals surface area contributed by atoms with Crippen LogP contribution in [0.25, 0.3) is 0 Å². The first kappa shape index (κ1) is 27.5. The molecule has 1 amide bonds. The van der Waals surface area contributed by atoms with Gasteiger partial charge >= 0.3 is 0 Å². The number of aliphatic hydroxyl groups is 1. The van der Waals surface area contributed by atoms with E-state index in [0.29, 0.717) is 18.9 Å². The van der Waals surface area contributed by atoms with Gasteiger partial charge in [-0.15, -0.1) is 0 Å². The summed E-state index contributed by atoms with van der Waals surface area (Å²) in [6.07, 6.45) is 4.78. The van der Waals surface area contributed by atoms with Gasteiger partial charge in [-0.05, 0) is 79.5 Å². The first-order chi connectivity index (χ1) is 17.6. The SMILES string of the molecule is COc1ccc(CNC(=O)CCC23CCC(C)(O)CC2C(C)(C)CC3NCc2ccccc2OC)cc1. The molecule has 3 N–H and O–H groups in total. The van der Waals surface area contributed by atoms with Crippen LogP contribution in [0.15, 0.2) is 48.5 Å². The molecule has 0 bridgehead atoms. The second-order valence-corrected chi connectivity index (χ2v) is 12.0. The van der Waals surface area contributed by atoms with E-state index in [1.165, 1.54) is 0 Å². The zero-order chi connectivity index (χ0) is 26.7. The first-order valence-corrected chi connectivity index (χ1v) is 13.6. The molecule has 37 heavy (non-hydrogen) atoms. The van der Waals surface area contributed by atoms with E-state index in [4.69, 9.17) is 9.47 Å². The molecule has 2 aliphatic carbocycles. The molecule has 0 radical (unpaired) electrons. The van der Waals surface area contributed by atoms with Crippen molar-refractivity contribution in [1.29, 1.82) is 0 Å². The number of methoxy groups -OCH3 is 2. The molecule has 0 aromatic heterocycles. The lowest BCUT2D eigenvalue weighted by Crippen LogP contribution is -2.51. The summed E-state index contributed by atoms with van der Waals surface area (Å²) in [5.74, 6) is 2.12. The maximum Gasteiger partial charge on any atom is 0.220 e. The van der Waals surface area contributed by atoms with Crippen LogP contribution in [0, 0.1) is 16.7 Å². The van der Waals surface area contributed by atoms with E-state index in [1.807, 2.05) is 49.4 Å². The van der Waals surface area contributed by atoms with Crippen molar-refractivity contribution in [2.45, 2.75) is 84.0 Å². The first-order valence-electron chi connectivity index (χ1n) is 13.6. The average Bonchev–Trinajstić information content (AvgIpc) is 3.10. The highest BCUT2D eigenvalue weighted by Gasteiger charge is 2.61. The van der Waals surface area contributed by atoms with Gasteiger partial charge in [0.1, 0.15) is 11.5 Å². The van der Waals surface area contributed by atoms with Crippen LogP contribution in [0.3, 0.4) is 0 Å². The monoisotopic (exact) mass is 508 g/mol. The maximum absolute atomic E-state index is 13.0. The number of carbonyl (C=O) groups excluding carboxylic acids is 1. The van der Waals surface area contributed by atoms with Crippen molar-refractivity contribution in [3.8, 4) is 11.5 Å². The van der Waals surface area contributed by atoms with Crippen LogP contribution in [0.1, 0.15) is 70.4 Å². The van der Waals surface area contributed by atoms with Crippen LogP contribution in [0.4, 0.5) is 0 Å². The number of nitrogens with one attached hydrogen (secondary N) is 2. The summed E-state index contributed by atoms with van der Waals surface area (Å²) < 4.78 is 10.8. The molecule has 4 atom stereocenters. The summed E-state index contributed by atoms with van der Waals surface area (Å²) in [5, 5.41) is 18.0. The average molecular weight is 509 g/mol. The molecule has 4 unspecified atom stereocenters. The van der Waals surface area contributed by atoms with Gasteiger partial charge in [-0.3, -0.25) is 4.79 Å². The van der Waals surface area contributed by atoms with E-state index in [9.17, 15) is 9.90 Å². The van der Waals surface area contributed by atoms with Crippen LogP contribution in [-0.2, 0) is 17.9 Å². The Balaban J connectivity index is 1.47. The lowest BCUT2D eigenvalue weighted by Gasteiger charge is -2.51. The molecule has 0 heterocycles. The Morgan fingerprint density at radius 1 is 0.973 bits per heavy atom. The Labute approximate surface area is 222 Å². The molecule has 2 aromatic carbocycles. The highest BCUT2D eigenvalue weighted by molar-refractivity contribution is 5.76. The Bertz CT molecular complexity index is 1070. The van der Waals surface area contributed by atoms with Gasteiger partial charge < -0.3 is 25.2 Å². The van der Waals surface area contributed by atoms with Crippen LogP contribution in [-0.4, -0.2) is 36.9 Å². The fraction of sp³-hybridized carbons (Fsp3) is 0.581. The molecular formula is C31H44N2O4. The zero-order valence-corrected chi connectivity index (χ0v) is 23.1. The summed E-state index contributed by atoms with van der Waals surface area (Å²) in [4.78, 5) is 13.0. The molecule has 6 nitrogen and oxygen atoms in total. The summed E-state index contributed by atoms with van der Waals surface area (Å²) in [6, 6.07) is 16.2. The van der Waals surface area contributed by atoms with Crippen molar-refractivity contribution >= 4 is 5.91 Å². The number of benzene rings is 2. The number of hydrogen-bond acceptors (Lipinski definition) is 5. The van der Waals surface area contributed by atoms with Gasteiger partial charge in [0.05, 0.1) is 19.8 Å². The largest absolute Gasteiger partial charge is 0.497 e. The molecule has 6 heteroatoms. The van der Waals surface area contributed by atoms with Crippen molar-refractivity contribution in [3.05, 3.63) is 59.7 Å². The third-order valence-electron chi connectivity index (χ3n) is 9.03. The minimum absolute atomic E-state index is 0.0365. The van der Waals surface area contributed by atoms with Crippen LogP contribution in [0.2, 0.25) is 0 Å². The van der Waals surface area contributed by atoms with Gasteiger partial charge in [-0.2, -0.15) is 0 Å². The van der Waals surface area contributed by atoms with Gasteiger partial charge in [0.2, 0.25) is 5.91 Å². The molecule has 2 aromatic rings. The third-order valence-corrected chi connectivity index (χ3v) is 9.03. The van der Waals surface area contributed by atoms with Crippen molar-refractivity contribution in [3.63, 3.8) is 0 Å². The van der Waals surface area contributed by atoms with Crippen LogP contribution in [0.5, 0.6) is 11.5 Å². The number of amides is 1. The molecule has 0 saturated heterocycles. The highest BCUT2D eigenvalue weighted by Crippen LogP contribution is 2.63. The lowest BCUT2D eigenvalue weighted by molar-refractivity contribution is -0.123. The standard InChI is InChI=1S/C31H44N2O4/c1-29(2)19-27(32-21-23-8-6-7-9-25(23)37-5)31(17-16-30(3,35)18-26(29)31)15-14-28(34)33-20-22-10-12-24(36-4)13-11-22/h6-13,26-27,32,35H,14-21H2,1-5H3,(H,33,34). The quantitative estimate of drug-likeness (QED) is 0.410. The Morgan fingerprint density at radius 2 is 1.70 bits per heavy atom. The second-order valence-electron chi connectivity index (χ2n) is 12.0. The van der Waals surface area contributed by atoms with Gasteiger partial charge in [0.25, 0.3) is 0 Å². The molecule has 2 aliphatic rings. The number of rotatable bonds is 10. The van der Waals surface area contributed by atoms with E-state index in [0.717, 1.165) is 61.3 Å². The van der Waals surface area contributed by atoms with E-state index in [2.05, 4.69) is 30.5 Å². The third kappa shape index (κ3) is 6.12. The van der Waals surface area contributed by atoms with Gasteiger partial charge in [-0.25, -0.2) is 0 Å². The highest BCUT2D eigenvalue weighted by atomic mass is 16.5.